The summed E-state index contributed by atoms with van der Waals surface area (Å²) >= 11 is 0. The van der Waals surface area contributed by atoms with Crippen LogP contribution >= 0.6 is 0 Å². The van der Waals surface area contributed by atoms with Gasteiger partial charge in [-0.25, -0.2) is 9.97 Å². The molecule has 2 aromatic rings. The Morgan fingerprint density at radius 3 is 2.44 bits per heavy atom. The Balaban J connectivity index is 1.16. The zero-order chi connectivity index (χ0) is 54.9. The Labute approximate surface area is 448 Å². The van der Waals surface area contributed by atoms with E-state index in [1.165, 1.54) is 12.5 Å². The number of aromatic amines is 2. The summed E-state index contributed by atoms with van der Waals surface area (Å²) in [4.78, 5) is 44.6. The normalized spacial score (nSPS) is 48.1. The van der Waals surface area contributed by atoms with E-state index in [0.29, 0.717) is 75.8 Å². The highest BCUT2D eigenvalue weighted by Crippen LogP contribution is 2.81. The molecule has 4 saturated carbocycles. The molecule has 16 N–H and O–H groups in total. The molecule has 9 aliphatic rings. The molecule has 3 aliphatic heterocycles. The number of carbonyl (C=O) groups excluding carboxylic acids is 1. The Kier molecular flexibility index (Phi) is 14.0. The molecular formula is C56H81N7O14. The van der Waals surface area contributed by atoms with Crippen molar-refractivity contribution in [1.29, 1.82) is 0 Å². The van der Waals surface area contributed by atoms with Crippen molar-refractivity contribution in [3.63, 3.8) is 0 Å². The number of anilines is 1. The average molecular weight is 1080 g/mol. The average Bonchev–Trinajstić information content (AvgIpc) is 4.27. The van der Waals surface area contributed by atoms with Crippen molar-refractivity contribution in [3.05, 3.63) is 41.9 Å². The minimum atomic E-state index is -1.75. The number of carbonyl (C=O) groups is 2. The van der Waals surface area contributed by atoms with Crippen molar-refractivity contribution in [2.45, 2.75) is 153 Å². The Bertz CT molecular complexity index is 2640. The number of H-pyrrole nitrogens is 2. The number of aromatic nitrogens is 4. The van der Waals surface area contributed by atoms with Crippen LogP contribution in [0.3, 0.4) is 0 Å². The van der Waals surface area contributed by atoms with Gasteiger partial charge in [0, 0.05) is 78.4 Å². The molecule has 77 heavy (non-hydrogen) atoms. The van der Waals surface area contributed by atoms with Gasteiger partial charge in [-0.15, -0.1) is 5.92 Å². The van der Waals surface area contributed by atoms with Gasteiger partial charge in [0.1, 0.15) is 30.4 Å². The maximum atomic E-state index is 14.6. The molecule has 21 heteroatoms. The van der Waals surface area contributed by atoms with Gasteiger partial charge in [0.05, 0.1) is 67.8 Å². The van der Waals surface area contributed by atoms with Crippen molar-refractivity contribution in [1.82, 2.24) is 25.3 Å². The third kappa shape index (κ3) is 7.77. The molecule has 11 rings (SSSR count). The van der Waals surface area contributed by atoms with E-state index in [9.17, 15) is 60.7 Å². The Morgan fingerprint density at radius 2 is 1.75 bits per heavy atom. The highest BCUT2D eigenvalue weighted by Gasteiger charge is 2.78. The second kappa shape index (κ2) is 19.6. The largest absolute Gasteiger partial charge is 0.481 e. The standard InChI is InChI=1S/C56H81N7O14/c1-51(22-65)13-14-55(50(74)75)30(17-51)28-8-9-37-53(3)12-10-36-52(2,23-66)46(77-49-45(72)43(70)35(68)21-76-49)44(71)41(54(36,37)4)26(7-5-6-11-56(28,53)29-15-32-47(62-25-61-32)59-18-31(29)55)39-27(20-64)48(73)63-42(39)40(33-19-58-24-60-33)34(67)16-38(57)69/h8,19,24-27,29-31,34-46,49,59,64-72H,6,9-18,20-23,57H2,1-4H3,(H,58,60)(H,61,62)(H,63,73)(H,74,75)/t26-,27-,29+,30+,31+,34-,35-,36-,37+,38+,39+,40+,41+,42+,43+,44-,45-,46-,49+,51+,52+,53-,54+,55-,56+/m1/s1. The lowest BCUT2D eigenvalue weighted by Crippen LogP contribution is -2.75. The molecule has 0 unspecified atom stereocenters. The predicted molar refractivity (Wildman–Crippen MR) is 274 cm³/mol. The molecule has 6 aliphatic carbocycles. The molecule has 4 bridgehead atoms. The fourth-order valence-corrected chi connectivity index (χ4v) is 19.5. The number of nitrogens with two attached hydrogens (primary N) is 1. The molecule has 1 spiro atoms. The van der Waals surface area contributed by atoms with Gasteiger partial charge in [-0.1, -0.05) is 45.3 Å². The number of carboxylic acids is 1. The minimum absolute atomic E-state index is 0.1000. The van der Waals surface area contributed by atoms with Crippen LogP contribution in [0.25, 0.3) is 0 Å². The monoisotopic (exact) mass is 1080 g/mol. The zero-order valence-corrected chi connectivity index (χ0v) is 44.5. The number of fused-ring (bicyclic) bond motifs is 5. The van der Waals surface area contributed by atoms with E-state index in [-0.39, 0.29) is 31.5 Å². The maximum absolute atomic E-state index is 14.6. The molecule has 21 nitrogen and oxygen atoms in total. The molecule has 5 heterocycles. The SMILES string of the molecule is C[C@]1(CO)CC[C@@]2(C(=O)O)[C@@H](C1)C1=CC[C@@H]3[C@@]4(C)[C@@H]5[C@@H](O)[C@@H](O[C@@H]6OC[C@@H](O)[C@H](O)[C@H]6O)[C@@](C)(CO)[C@H]4CC[C@@]3(C)[C@]1(CCC#C[C@@H]5[C@@H]1[C@@H]([C@@H](c3cnc[nH]3)[C@H](O)C[C@@H](N)O)NC(=O)[C@@H]1CO)[C@H]1Cc3[nH]cnc3NC[C@@H]12. The van der Waals surface area contributed by atoms with Crippen LogP contribution in [0.5, 0.6) is 0 Å². The summed E-state index contributed by atoms with van der Waals surface area (Å²) < 4.78 is 12.6. The van der Waals surface area contributed by atoms with E-state index in [0.717, 1.165) is 11.3 Å². The van der Waals surface area contributed by atoms with Gasteiger partial charge in [-0.2, -0.15) is 0 Å². The quantitative estimate of drug-likeness (QED) is 0.0589. The first-order chi connectivity index (χ1) is 36.6. The summed E-state index contributed by atoms with van der Waals surface area (Å²) in [5.74, 6) is -0.315. The number of aliphatic carboxylic acids is 1. The molecular weight excluding hydrogens is 995 g/mol. The zero-order valence-electron chi connectivity index (χ0n) is 44.5. The van der Waals surface area contributed by atoms with E-state index in [4.69, 9.17) is 15.2 Å². The highest BCUT2D eigenvalue weighted by atomic mass is 16.7. The van der Waals surface area contributed by atoms with Gasteiger partial charge >= 0.3 is 5.97 Å². The number of rotatable bonds is 12. The lowest BCUT2D eigenvalue weighted by molar-refractivity contribution is -0.344. The van der Waals surface area contributed by atoms with E-state index in [1.54, 1.807) is 6.33 Å². The maximum Gasteiger partial charge on any atom is 0.310 e. The van der Waals surface area contributed by atoms with Gasteiger partial charge in [0.15, 0.2) is 6.29 Å². The van der Waals surface area contributed by atoms with Crippen LogP contribution in [-0.2, 0) is 25.5 Å². The van der Waals surface area contributed by atoms with Crippen molar-refractivity contribution >= 4 is 17.7 Å². The van der Waals surface area contributed by atoms with Crippen LogP contribution in [-0.4, -0.2) is 171 Å². The van der Waals surface area contributed by atoms with Crippen LogP contribution in [0.4, 0.5) is 5.82 Å². The van der Waals surface area contributed by atoms with Crippen LogP contribution in [0.2, 0.25) is 0 Å². The van der Waals surface area contributed by atoms with E-state index >= 15 is 0 Å². The fraction of sp³-hybridized carbons (Fsp3) is 0.786. The van der Waals surface area contributed by atoms with Crippen LogP contribution in [0, 0.1) is 97.6 Å². The first-order valence-corrected chi connectivity index (χ1v) is 28.0. The first kappa shape index (κ1) is 54.9. The number of aliphatic hydroxyl groups is 9. The number of hydrogen-bond acceptors (Lipinski definition) is 17. The van der Waals surface area contributed by atoms with Crippen LogP contribution in [0.1, 0.15) is 103 Å². The van der Waals surface area contributed by atoms with E-state index < -0.39 is 160 Å². The first-order valence-electron chi connectivity index (χ1n) is 28.0. The number of amides is 1. The van der Waals surface area contributed by atoms with Crippen LogP contribution in [0.15, 0.2) is 30.5 Å². The summed E-state index contributed by atoms with van der Waals surface area (Å²) in [6.45, 7) is 7.18. The number of nitrogens with one attached hydrogen (secondary N) is 4. The highest BCUT2D eigenvalue weighted by molar-refractivity contribution is 5.82. The molecule has 6 fully saturated rings. The Hall–Kier alpha value is -4.02. The molecule has 25 atom stereocenters. The minimum Gasteiger partial charge on any atom is -0.481 e. The Morgan fingerprint density at radius 1 is 0.974 bits per heavy atom. The number of hydrogen-bond donors (Lipinski definition) is 15. The van der Waals surface area contributed by atoms with E-state index in [2.05, 4.69) is 69.3 Å². The third-order valence-corrected chi connectivity index (χ3v) is 22.9. The summed E-state index contributed by atoms with van der Waals surface area (Å²) in [5, 5.41) is 123. The summed E-state index contributed by atoms with van der Waals surface area (Å²) in [6.07, 6.45) is -1.20. The van der Waals surface area contributed by atoms with E-state index in [1.807, 2.05) is 6.92 Å². The van der Waals surface area contributed by atoms with Crippen LogP contribution < -0.4 is 16.4 Å². The predicted octanol–water partition coefficient (Wildman–Crippen LogP) is 0.334. The topological polar surface area (TPSA) is 362 Å². The van der Waals surface area contributed by atoms with Gasteiger partial charge < -0.3 is 86.9 Å². The molecule has 2 saturated heterocycles. The van der Waals surface area contributed by atoms with Crippen molar-refractivity contribution in [2.75, 3.05) is 38.3 Å². The number of imidazole rings is 2. The second-order valence-corrected chi connectivity index (χ2v) is 26.0. The third-order valence-electron chi connectivity index (χ3n) is 22.9. The number of aliphatic hydroxyl groups excluding tert-OH is 9. The van der Waals surface area contributed by atoms with Crippen molar-refractivity contribution in [2.24, 2.45) is 91.5 Å². The molecule has 2 aromatic heterocycles. The summed E-state index contributed by atoms with van der Waals surface area (Å²) in [6, 6.07) is -0.993. The molecule has 1 amide bonds. The van der Waals surface area contributed by atoms with Crippen molar-refractivity contribution in [3.8, 4) is 11.8 Å². The summed E-state index contributed by atoms with van der Waals surface area (Å²) in [7, 11) is 0. The lowest BCUT2D eigenvalue weighted by atomic mass is 9.28. The molecule has 424 valence electrons. The lowest BCUT2D eigenvalue weighted by Gasteiger charge is -2.76. The summed E-state index contributed by atoms with van der Waals surface area (Å²) in [5.41, 5.74) is 2.84. The smallest absolute Gasteiger partial charge is 0.310 e. The van der Waals surface area contributed by atoms with Gasteiger partial charge in [-0.3, -0.25) is 9.59 Å². The second-order valence-electron chi connectivity index (χ2n) is 26.0. The number of allylic oxidation sites excluding steroid dienone is 2. The number of nitrogens with zero attached hydrogens (tertiary/aromatic N) is 2. The number of ether oxygens (including phenoxy) is 2. The van der Waals surface area contributed by atoms with Gasteiger partial charge in [0.2, 0.25) is 5.91 Å². The van der Waals surface area contributed by atoms with Gasteiger partial charge in [0.25, 0.3) is 0 Å². The van der Waals surface area contributed by atoms with Crippen molar-refractivity contribution < 1.29 is 70.1 Å². The molecule has 0 aromatic carbocycles. The molecule has 0 radical (unpaired) electrons. The van der Waals surface area contributed by atoms with Gasteiger partial charge in [-0.05, 0) is 97.2 Å². The number of carboxylic acid groups (broad SMARTS) is 1. The fourth-order valence-electron chi connectivity index (χ4n) is 19.5.